The lowest BCUT2D eigenvalue weighted by atomic mass is 10.3. The molecular formula is C15H14N2O7. The topological polar surface area (TPSA) is 121 Å². The number of amides is 1. The highest BCUT2D eigenvalue weighted by Gasteiger charge is 2.16. The number of furan rings is 1. The van der Waals surface area contributed by atoms with Gasteiger partial charge in [-0.25, -0.2) is 4.79 Å². The number of nitrogens with one attached hydrogen (secondary N) is 1. The first-order valence-electron chi connectivity index (χ1n) is 6.87. The molecule has 1 heterocycles. The molecular weight excluding hydrogens is 320 g/mol. The fourth-order valence-corrected chi connectivity index (χ4v) is 1.70. The Morgan fingerprint density at radius 1 is 1.17 bits per heavy atom. The number of carbonyl (C=O) groups excluding carboxylic acids is 2. The Balaban J connectivity index is 1.71. The molecule has 2 aromatic rings. The van der Waals surface area contributed by atoms with E-state index in [0.29, 0.717) is 5.76 Å². The largest absolute Gasteiger partial charge is 0.475 e. The Morgan fingerprint density at radius 3 is 2.67 bits per heavy atom. The monoisotopic (exact) mass is 334 g/mol. The lowest BCUT2D eigenvalue weighted by Crippen LogP contribution is -2.29. The molecule has 0 aliphatic carbocycles. The molecule has 1 N–H and O–H groups in total. The number of hydrogen-bond acceptors (Lipinski definition) is 7. The second-order valence-corrected chi connectivity index (χ2v) is 4.53. The first-order valence-corrected chi connectivity index (χ1v) is 6.87. The van der Waals surface area contributed by atoms with Gasteiger partial charge in [-0.05, 0) is 18.2 Å². The van der Waals surface area contributed by atoms with E-state index in [2.05, 4.69) is 5.32 Å². The van der Waals surface area contributed by atoms with Crippen LogP contribution in [0.15, 0.2) is 47.1 Å². The molecule has 1 aromatic carbocycles. The van der Waals surface area contributed by atoms with Crippen molar-refractivity contribution in [3.63, 3.8) is 0 Å². The zero-order valence-corrected chi connectivity index (χ0v) is 12.5. The minimum atomic E-state index is -0.818. The first-order chi connectivity index (χ1) is 11.6. The number of nitro groups is 1. The van der Waals surface area contributed by atoms with Crippen molar-refractivity contribution in [2.45, 2.75) is 6.54 Å². The fraction of sp³-hybridized carbons (Fsp3) is 0.200. The predicted octanol–water partition coefficient (Wildman–Crippen LogP) is 1.43. The summed E-state index contributed by atoms with van der Waals surface area (Å²) in [5, 5.41) is 13.3. The van der Waals surface area contributed by atoms with Gasteiger partial charge in [-0.2, -0.15) is 0 Å². The summed E-state index contributed by atoms with van der Waals surface area (Å²) < 4.78 is 14.8. The average molecular weight is 334 g/mol. The summed E-state index contributed by atoms with van der Waals surface area (Å²) in [6.07, 6.45) is 1.47. The van der Waals surface area contributed by atoms with E-state index >= 15 is 0 Å². The molecule has 0 spiro atoms. The molecule has 0 unspecified atom stereocenters. The second kappa shape index (κ2) is 8.32. The molecule has 0 saturated heterocycles. The summed E-state index contributed by atoms with van der Waals surface area (Å²) in [6, 6.07) is 9.00. The van der Waals surface area contributed by atoms with Crippen molar-refractivity contribution in [3.8, 4) is 5.75 Å². The minimum absolute atomic E-state index is 0.0540. The summed E-state index contributed by atoms with van der Waals surface area (Å²) >= 11 is 0. The zero-order chi connectivity index (χ0) is 17.4. The van der Waals surface area contributed by atoms with Gasteiger partial charge in [0.25, 0.3) is 5.91 Å². The number of esters is 1. The van der Waals surface area contributed by atoms with Crippen LogP contribution in [0, 0.1) is 10.1 Å². The number of ether oxygens (including phenoxy) is 2. The van der Waals surface area contributed by atoms with E-state index in [0.717, 1.165) is 0 Å². The number of nitro benzene ring substituents is 1. The Bertz CT molecular complexity index is 712. The van der Waals surface area contributed by atoms with Gasteiger partial charge in [-0.3, -0.25) is 14.9 Å². The van der Waals surface area contributed by atoms with Gasteiger partial charge in [-0.1, -0.05) is 12.1 Å². The molecule has 9 nitrogen and oxygen atoms in total. The molecule has 24 heavy (non-hydrogen) atoms. The van der Waals surface area contributed by atoms with Gasteiger partial charge in [-0.15, -0.1) is 0 Å². The van der Waals surface area contributed by atoms with E-state index in [-0.39, 0.29) is 18.0 Å². The highest BCUT2D eigenvalue weighted by molar-refractivity contribution is 5.80. The quantitative estimate of drug-likeness (QED) is 0.440. The van der Waals surface area contributed by atoms with Gasteiger partial charge < -0.3 is 19.2 Å². The fourth-order valence-electron chi connectivity index (χ4n) is 1.70. The molecule has 0 aliphatic rings. The Kier molecular flexibility index (Phi) is 5.89. The van der Waals surface area contributed by atoms with Crippen LogP contribution in [0.1, 0.15) is 5.76 Å². The molecule has 0 radical (unpaired) electrons. The van der Waals surface area contributed by atoms with Crippen LogP contribution in [0.4, 0.5) is 5.69 Å². The van der Waals surface area contributed by atoms with Gasteiger partial charge in [0, 0.05) is 6.07 Å². The van der Waals surface area contributed by atoms with Crippen molar-refractivity contribution in [2.24, 2.45) is 0 Å². The maximum Gasteiger partial charge on any atom is 0.344 e. The molecule has 2 rings (SSSR count). The maximum atomic E-state index is 11.5. The number of benzene rings is 1. The van der Waals surface area contributed by atoms with Crippen LogP contribution in [0.5, 0.6) is 5.75 Å². The van der Waals surface area contributed by atoms with Crippen LogP contribution in [0.2, 0.25) is 0 Å². The molecule has 1 aromatic heterocycles. The van der Waals surface area contributed by atoms with E-state index in [1.807, 2.05) is 0 Å². The normalized spacial score (nSPS) is 10.0. The van der Waals surface area contributed by atoms with Crippen LogP contribution in [0.25, 0.3) is 0 Å². The van der Waals surface area contributed by atoms with Crippen molar-refractivity contribution in [3.05, 3.63) is 58.5 Å². The van der Waals surface area contributed by atoms with Crippen molar-refractivity contribution in [1.82, 2.24) is 5.32 Å². The smallest absolute Gasteiger partial charge is 0.344 e. The lowest BCUT2D eigenvalue weighted by molar-refractivity contribution is -0.385. The number of nitrogens with zero attached hydrogens (tertiary/aromatic N) is 1. The molecule has 126 valence electrons. The third kappa shape index (κ3) is 5.13. The second-order valence-electron chi connectivity index (χ2n) is 4.53. The first kappa shape index (κ1) is 17.0. The van der Waals surface area contributed by atoms with E-state index in [1.54, 1.807) is 12.1 Å². The molecule has 9 heteroatoms. The summed E-state index contributed by atoms with van der Waals surface area (Å²) in [5.74, 6) is -0.817. The number of rotatable bonds is 8. The summed E-state index contributed by atoms with van der Waals surface area (Å²) in [4.78, 5) is 33.2. The Morgan fingerprint density at radius 2 is 1.96 bits per heavy atom. The van der Waals surface area contributed by atoms with Crippen LogP contribution in [-0.4, -0.2) is 30.0 Å². The van der Waals surface area contributed by atoms with Crippen LogP contribution in [-0.2, 0) is 20.9 Å². The number of para-hydroxylation sites is 2. The Labute approximate surface area is 136 Å². The van der Waals surface area contributed by atoms with E-state index < -0.39 is 30.0 Å². The number of carbonyl (C=O) groups is 2. The van der Waals surface area contributed by atoms with Gasteiger partial charge >= 0.3 is 11.7 Å². The van der Waals surface area contributed by atoms with E-state index in [4.69, 9.17) is 13.9 Å². The van der Waals surface area contributed by atoms with Crippen molar-refractivity contribution in [2.75, 3.05) is 13.2 Å². The van der Waals surface area contributed by atoms with Gasteiger partial charge in [0.2, 0.25) is 0 Å². The third-order valence-electron chi connectivity index (χ3n) is 2.81. The summed E-state index contributed by atoms with van der Waals surface area (Å²) in [6.45, 7) is -0.855. The van der Waals surface area contributed by atoms with Gasteiger partial charge in [0.05, 0.1) is 17.7 Å². The molecule has 0 bridgehead atoms. The SMILES string of the molecule is O=C(COC(=O)COc1ccccc1[N+](=O)[O-])NCc1ccco1. The highest BCUT2D eigenvalue weighted by atomic mass is 16.6. The molecule has 0 saturated carbocycles. The van der Waals surface area contributed by atoms with Crippen LogP contribution in [0.3, 0.4) is 0 Å². The minimum Gasteiger partial charge on any atom is -0.475 e. The summed E-state index contributed by atoms with van der Waals surface area (Å²) in [5.41, 5.74) is -0.263. The van der Waals surface area contributed by atoms with Crippen molar-refractivity contribution < 1.29 is 28.4 Å². The van der Waals surface area contributed by atoms with Gasteiger partial charge in [0.1, 0.15) is 5.76 Å². The van der Waals surface area contributed by atoms with Gasteiger partial charge in [0.15, 0.2) is 19.0 Å². The van der Waals surface area contributed by atoms with E-state index in [1.165, 1.54) is 30.5 Å². The predicted molar refractivity (Wildman–Crippen MR) is 80.1 cm³/mol. The molecule has 1 amide bonds. The number of hydrogen-bond donors (Lipinski definition) is 1. The van der Waals surface area contributed by atoms with Crippen molar-refractivity contribution >= 4 is 17.6 Å². The lowest BCUT2D eigenvalue weighted by Gasteiger charge is -2.07. The Hall–Kier alpha value is -3.36. The molecule has 0 fully saturated rings. The molecule has 0 aliphatic heterocycles. The van der Waals surface area contributed by atoms with Crippen LogP contribution < -0.4 is 10.1 Å². The van der Waals surface area contributed by atoms with Crippen LogP contribution >= 0.6 is 0 Å². The zero-order valence-electron chi connectivity index (χ0n) is 12.5. The summed E-state index contributed by atoms with van der Waals surface area (Å²) in [7, 11) is 0. The van der Waals surface area contributed by atoms with E-state index in [9.17, 15) is 19.7 Å². The average Bonchev–Trinajstić information content (AvgIpc) is 3.10. The maximum absolute atomic E-state index is 11.5. The molecule has 0 atom stereocenters. The highest BCUT2D eigenvalue weighted by Crippen LogP contribution is 2.25. The standard InChI is InChI=1S/C15H14N2O7/c18-14(16-8-11-4-3-7-22-11)9-24-15(19)10-23-13-6-2-1-5-12(13)17(20)21/h1-7H,8-10H2,(H,16,18). The van der Waals surface area contributed by atoms with Crippen molar-refractivity contribution in [1.29, 1.82) is 0 Å². The third-order valence-corrected chi connectivity index (χ3v) is 2.81.